The Labute approximate surface area is 291 Å². The van der Waals surface area contributed by atoms with E-state index in [1.165, 1.54) is 103 Å². The Kier molecular flexibility index (Phi) is 5.46. The van der Waals surface area contributed by atoms with Crippen LogP contribution in [0.4, 0.5) is 0 Å². The molecule has 1 aliphatic rings. The molecule has 236 valence electrons. The van der Waals surface area contributed by atoms with Crippen LogP contribution in [-0.4, -0.2) is 0 Å². The first-order chi connectivity index (χ1) is 24.4. The number of hydrogen-bond acceptors (Lipinski definition) is 0. The topological polar surface area (TPSA) is 0 Å². The van der Waals surface area contributed by atoms with E-state index >= 15 is 0 Å². The van der Waals surface area contributed by atoms with E-state index in [1.54, 1.807) is 0 Å². The van der Waals surface area contributed by atoms with Crippen molar-refractivity contribution in [3.63, 3.8) is 0 Å². The molecule has 0 saturated carbocycles. The van der Waals surface area contributed by atoms with Gasteiger partial charge in [0.1, 0.15) is 0 Å². The van der Waals surface area contributed by atoms with Gasteiger partial charge in [0.05, 0.1) is 0 Å². The van der Waals surface area contributed by atoms with Gasteiger partial charge in [-0.3, -0.25) is 0 Å². The van der Waals surface area contributed by atoms with Crippen LogP contribution in [0.5, 0.6) is 0 Å². The Morgan fingerprint density at radius 3 is 1.38 bits per heavy atom. The van der Waals surface area contributed by atoms with E-state index in [4.69, 9.17) is 0 Å². The summed E-state index contributed by atoms with van der Waals surface area (Å²) in [5.41, 5.74) is 4.08. The highest BCUT2D eigenvalue weighted by Crippen LogP contribution is 2.57. The fraction of sp³-hybridized carbons (Fsp3) is 0.120. The molecule has 0 amide bonds. The molecule has 0 bridgehead atoms. The molecule has 0 N–H and O–H groups in total. The van der Waals surface area contributed by atoms with Crippen molar-refractivity contribution in [1.82, 2.24) is 0 Å². The summed E-state index contributed by atoms with van der Waals surface area (Å²) in [5.74, 6) is 0. The summed E-state index contributed by atoms with van der Waals surface area (Å²) in [6.45, 7) is 7.48. The van der Waals surface area contributed by atoms with Gasteiger partial charge in [0.25, 0.3) is 0 Å². The standard InChI is InChI=1S/C50H36/c1-49(2)29-50(3,44-24-12-14-30-26-41-36-20-7-4-16-32(36)33-17-5-8-21-37(33)42(41)28-40(30)44)48-46-31(15-13-25-45(46)49)27-43-38-22-9-6-18-34(38)35-19-10-11-23-39(35)47(43)48/h4-28H,29H2,1-3H3. The predicted octanol–water partition coefficient (Wildman–Crippen LogP) is 13.9. The second-order valence-corrected chi connectivity index (χ2v) is 15.6. The van der Waals surface area contributed by atoms with Crippen LogP contribution >= 0.6 is 0 Å². The number of benzene rings is 10. The lowest BCUT2D eigenvalue weighted by molar-refractivity contribution is 0.366. The van der Waals surface area contributed by atoms with Crippen LogP contribution in [0.15, 0.2) is 152 Å². The van der Waals surface area contributed by atoms with Gasteiger partial charge in [-0.15, -0.1) is 0 Å². The third-order valence-corrected chi connectivity index (χ3v) is 12.3. The largest absolute Gasteiger partial charge is 0.0616 e. The van der Waals surface area contributed by atoms with E-state index < -0.39 is 0 Å². The predicted molar refractivity (Wildman–Crippen MR) is 217 cm³/mol. The summed E-state index contributed by atoms with van der Waals surface area (Å²) < 4.78 is 0. The van der Waals surface area contributed by atoms with Crippen molar-refractivity contribution in [2.75, 3.05) is 0 Å². The number of rotatable bonds is 1. The Hall–Kier alpha value is -5.72. The van der Waals surface area contributed by atoms with Crippen molar-refractivity contribution in [3.05, 3.63) is 168 Å². The molecule has 0 aromatic heterocycles. The van der Waals surface area contributed by atoms with Gasteiger partial charge in [-0.25, -0.2) is 0 Å². The van der Waals surface area contributed by atoms with E-state index in [1.807, 2.05) is 0 Å². The number of hydrogen-bond donors (Lipinski definition) is 0. The molecule has 0 spiro atoms. The minimum Gasteiger partial charge on any atom is -0.0616 e. The van der Waals surface area contributed by atoms with Crippen molar-refractivity contribution < 1.29 is 0 Å². The minimum atomic E-state index is -0.263. The molecule has 11 rings (SSSR count). The molecule has 1 aliphatic carbocycles. The van der Waals surface area contributed by atoms with Crippen molar-refractivity contribution in [1.29, 1.82) is 0 Å². The summed E-state index contributed by atoms with van der Waals surface area (Å²) in [6.07, 6.45) is 1.02. The van der Waals surface area contributed by atoms with Crippen LogP contribution in [0.2, 0.25) is 0 Å². The van der Waals surface area contributed by atoms with Gasteiger partial charge < -0.3 is 0 Å². The van der Waals surface area contributed by atoms with Gasteiger partial charge in [-0.1, -0.05) is 154 Å². The molecular formula is C50H36. The van der Waals surface area contributed by atoms with Gasteiger partial charge in [0.2, 0.25) is 0 Å². The van der Waals surface area contributed by atoms with Crippen molar-refractivity contribution in [2.45, 2.75) is 38.0 Å². The monoisotopic (exact) mass is 636 g/mol. The lowest BCUT2D eigenvalue weighted by atomic mass is 9.57. The van der Waals surface area contributed by atoms with Crippen molar-refractivity contribution in [2.24, 2.45) is 0 Å². The first kappa shape index (κ1) is 28.2. The normalized spacial score (nSPS) is 17.3. The molecule has 10 aromatic carbocycles. The summed E-state index contributed by atoms with van der Waals surface area (Å²) in [6, 6.07) is 57.6. The van der Waals surface area contributed by atoms with E-state index in [0.29, 0.717) is 0 Å². The van der Waals surface area contributed by atoms with E-state index in [9.17, 15) is 0 Å². The van der Waals surface area contributed by atoms with Crippen LogP contribution in [0.25, 0.3) is 86.2 Å². The molecule has 0 fully saturated rings. The molecule has 0 radical (unpaired) electrons. The zero-order valence-corrected chi connectivity index (χ0v) is 28.6. The van der Waals surface area contributed by atoms with Crippen molar-refractivity contribution >= 4 is 86.2 Å². The maximum Gasteiger partial charge on any atom is 0.0201 e. The number of fused-ring (bicyclic) bond motifs is 14. The molecule has 0 saturated heterocycles. The van der Waals surface area contributed by atoms with Gasteiger partial charge in [0, 0.05) is 5.41 Å². The molecular weight excluding hydrogens is 601 g/mol. The fourth-order valence-corrected chi connectivity index (χ4v) is 10.4. The molecule has 0 heteroatoms. The maximum absolute atomic E-state index is 2.56. The van der Waals surface area contributed by atoms with E-state index in [0.717, 1.165) is 6.42 Å². The molecule has 1 unspecified atom stereocenters. The average molecular weight is 637 g/mol. The molecule has 50 heavy (non-hydrogen) atoms. The Balaban J connectivity index is 1.35. The summed E-state index contributed by atoms with van der Waals surface area (Å²) in [7, 11) is 0. The fourth-order valence-electron chi connectivity index (χ4n) is 10.4. The van der Waals surface area contributed by atoms with Crippen LogP contribution in [0, 0.1) is 0 Å². The first-order valence-corrected chi connectivity index (χ1v) is 18.0. The van der Waals surface area contributed by atoms with Gasteiger partial charge in [-0.2, -0.15) is 0 Å². The van der Waals surface area contributed by atoms with Gasteiger partial charge in [-0.05, 0) is 133 Å². The SMILES string of the molecule is CC1(C)CC(C)(c2cccc3cc4c5ccccc5c5ccccc5c4cc23)c2c3c1cccc3cc1c3ccccc3c3ccccc3c21. The maximum atomic E-state index is 2.56. The third kappa shape index (κ3) is 3.56. The third-order valence-electron chi connectivity index (χ3n) is 12.3. The van der Waals surface area contributed by atoms with Crippen LogP contribution < -0.4 is 0 Å². The Morgan fingerprint density at radius 1 is 0.340 bits per heavy atom. The first-order valence-electron chi connectivity index (χ1n) is 18.0. The smallest absolute Gasteiger partial charge is 0.0201 e. The quantitative estimate of drug-likeness (QED) is 0.124. The highest BCUT2D eigenvalue weighted by Gasteiger charge is 2.45. The van der Waals surface area contributed by atoms with Gasteiger partial charge in [0.15, 0.2) is 0 Å². The average Bonchev–Trinajstić information content (AvgIpc) is 3.15. The lowest BCUT2D eigenvalue weighted by Gasteiger charge is -2.46. The highest BCUT2D eigenvalue weighted by molar-refractivity contribution is 6.30. The second-order valence-electron chi connectivity index (χ2n) is 15.6. The van der Waals surface area contributed by atoms with E-state index in [-0.39, 0.29) is 10.8 Å². The second kappa shape index (κ2) is 9.71. The Morgan fingerprint density at radius 2 is 0.780 bits per heavy atom. The van der Waals surface area contributed by atoms with Crippen LogP contribution in [-0.2, 0) is 10.8 Å². The van der Waals surface area contributed by atoms with E-state index in [2.05, 4.69) is 172 Å². The van der Waals surface area contributed by atoms with Crippen molar-refractivity contribution in [3.8, 4) is 0 Å². The Bertz CT molecular complexity index is 3100. The summed E-state index contributed by atoms with van der Waals surface area (Å²) in [4.78, 5) is 0. The van der Waals surface area contributed by atoms with Gasteiger partial charge >= 0.3 is 0 Å². The summed E-state index contributed by atoms with van der Waals surface area (Å²) >= 11 is 0. The minimum absolute atomic E-state index is 0.0243. The molecule has 0 heterocycles. The van der Waals surface area contributed by atoms with Crippen LogP contribution in [0.3, 0.4) is 0 Å². The zero-order valence-electron chi connectivity index (χ0n) is 28.6. The zero-order chi connectivity index (χ0) is 33.4. The molecule has 0 nitrogen and oxygen atoms in total. The van der Waals surface area contributed by atoms with Crippen LogP contribution in [0.1, 0.15) is 43.9 Å². The molecule has 0 aliphatic heterocycles. The molecule has 10 aromatic rings. The lowest BCUT2D eigenvalue weighted by Crippen LogP contribution is -2.38. The highest BCUT2D eigenvalue weighted by atomic mass is 14.5. The summed E-state index contributed by atoms with van der Waals surface area (Å²) in [5, 5.41) is 21.5. The molecule has 1 atom stereocenters.